The van der Waals surface area contributed by atoms with Gasteiger partial charge in [-0.05, 0) is 133 Å². The molecule has 50 heavy (non-hydrogen) atoms. The summed E-state index contributed by atoms with van der Waals surface area (Å²) < 4.78 is 27.5. The van der Waals surface area contributed by atoms with E-state index in [4.69, 9.17) is 23.7 Å². The smallest absolute Gasteiger partial charge is 0.126 e. The zero-order chi connectivity index (χ0) is 34.9. The summed E-state index contributed by atoms with van der Waals surface area (Å²) in [4.78, 5) is 4.39. The van der Waals surface area contributed by atoms with Crippen molar-refractivity contribution < 1.29 is 23.7 Å². The second-order valence-electron chi connectivity index (χ2n) is 11.3. The molecule has 0 fully saturated rings. The van der Waals surface area contributed by atoms with Gasteiger partial charge in [0.15, 0.2) is 0 Å². The van der Waals surface area contributed by atoms with Crippen LogP contribution < -0.4 is 33.5 Å². The number of anilines is 6. The highest BCUT2D eigenvalue weighted by molar-refractivity contribution is 5.82. The molecule has 0 atom stereocenters. The van der Waals surface area contributed by atoms with Crippen molar-refractivity contribution in [3.8, 4) is 28.7 Å². The van der Waals surface area contributed by atoms with Crippen molar-refractivity contribution in [2.45, 2.75) is 0 Å². The highest BCUT2D eigenvalue weighted by atomic mass is 16.5. The third-order valence-corrected chi connectivity index (χ3v) is 8.40. The van der Waals surface area contributed by atoms with Crippen LogP contribution in [0.3, 0.4) is 0 Å². The number of methoxy groups -OCH3 is 5. The lowest BCUT2D eigenvalue weighted by molar-refractivity contribution is 0.414. The van der Waals surface area contributed by atoms with Crippen molar-refractivity contribution in [1.29, 1.82) is 0 Å². The van der Waals surface area contributed by atoms with Crippen LogP contribution in [0.15, 0.2) is 140 Å². The molecule has 0 saturated carbocycles. The number of hydrogen-bond acceptors (Lipinski definition) is 7. The van der Waals surface area contributed by atoms with Crippen molar-refractivity contribution in [3.05, 3.63) is 151 Å². The highest BCUT2D eigenvalue weighted by Crippen LogP contribution is 2.39. The Bertz CT molecular complexity index is 1910. The number of benzene rings is 6. The van der Waals surface area contributed by atoms with Crippen LogP contribution in [0.2, 0.25) is 0 Å². The van der Waals surface area contributed by atoms with Crippen molar-refractivity contribution in [2.75, 3.05) is 45.3 Å². The molecule has 0 aliphatic carbocycles. The molecule has 0 heterocycles. The fourth-order valence-corrected chi connectivity index (χ4v) is 5.73. The van der Waals surface area contributed by atoms with Crippen LogP contribution in [0.25, 0.3) is 12.2 Å². The van der Waals surface area contributed by atoms with Crippen molar-refractivity contribution in [3.63, 3.8) is 0 Å². The molecule has 0 unspecified atom stereocenters. The van der Waals surface area contributed by atoms with E-state index in [0.717, 1.165) is 74.0 Å². The normalized spacial score (nSPS) is 10.8. The molecule has 6 aromatic rings. The maximum Gasteiger partial charge on any atom is 0.126 e. The maximum absolute atomic E-state index is 5.79. The van der Waals surface area contributed by atoms with Gasteiger partial charge in [-0.2, -0.15) is 0 Å². The van der Waals surface area contributed by atoms with Crippen LogP contribution in [0.1, 0.15) is 11.1 Å². The first kappa shape index (κ1) is 33.6. The molecule has 0 spiro atoms. The molecule has 0 aliphatic rings. The van der Waals surface area contributed by atoms with E-state index in [-0.39, 0.29) is 0 Å². The van der Waals surface area contributed by atoms with Crippen LogP contribution in [-0.2, 0) is 0 Å². The van der Waals surface area contributed by atoms with Gasteiger partial charge in [0, 0.05) is 39.7 Å². The number of hydrogen-bond donors (Lipinski definition) is 0. The Morgan fingerprint density at radius 2 is 0.660 bits per heavy atom. The van der Waals surface area contributed by atoms with Gasteiger partial charge in [-0.15, -0.1) is 0 Å². The Hall–Kier alpha value is -6.34. The van der Waals surface area contributed by atoms with Gasteiger partial charge in [-0.3, -0.25) is 0 Å². The molecule has 0 N–H and O–H groups in total. The lowest BCUT2D eigenvalue weighted by Gasteiger charge is -2.26. The standard InChI is InChI=1S/C43H40N2O5/c1-46-39-21-12-34(13-22-39)44(35-14-23-40(47-2)24-15-35)33-10-7-31(8-11-33)6-9-32-30-38(20-29-43(32)50-5)45(36-16-25-41(48-3)26-17-36)37-18-27-42(49-4)28-19-37/h6-30H,1-5H3/b9-6+. The fraction of sp³-hybridized carbons (Fsp3) is 0.116. The average molecular weight is 665 g/mol. The van der Waals surface area contributed by atoms with Crippen molar-refractivity contribution >= 4 is 46.3 Å². The molecule has 0 aromatic heterocycles. The summed E-state index contributed by atoms with van der Waals surface area (Å²) in [5, 5.41) is 0. The summed E-state index contributed by atoms with van der Waals surface area (Å²) in [5.74, 6) is 3.98. The van der Waals surface area contributed by atoms with Gasteiger partial charge < -0.3 is 33.5 Å². The largest absolute Gasteiger partial charge is 0.497 e. The predicted octanol–water partition coefficient (Wildman–Crippen LogP) is 10.8. The third kappa shape index (κ3) is 7.53. The van der Waals surface area contributed by atoms with Gasteiger partial charge in [-0.25, -0.2) is 0 Å². The molecule has 6 aromatic carbocycles. The summed E-state index contributed by atoms with van der Waals surface area (Å²) in [6.07, 6.45) is 4.18. The first-order chi connectivity index (χ1) is 24.5. The van der Waals surface area contributed by atoms with Crippen LogP contribution in [0.5, 0.6) is 28.7 Å². The summed E-state index contributed by atoms with van der Waals surface area (Å²) in [6, 6.07) is 46.8. The zero-order valence-electron chi connectivity index (χ0n) is 28.9. The van der Waals surface area contributed by atoms with E-state index in [1.807, 2.05) is 78.9 Å². The third-order valence-electron chi connectivity index (χ3n) is 8.40. The van der Waals surface area contributed by atoms with E-state index in [1.165, 1.54) is 0 Å². The molecule has 0 saturated heterocycles. The highest BCUT2D eigenvalue weighted by Gasteiger charge is 2.16. The lowest BCUT2D eigenvalue weighted by atomic mass is 10.1. The van der Waals surface area contributed by atoms with Gasteiger partial charge in [0.05, 0.1) is 35.5 Å². The SMILES string of the molecule is COc1ccc(N(c2ccc(/C=C/c3cc(N(c4ccc(OC)cc4)c4ccc(OC)cc4)ccc3OC)cc2)c2ccc(OC)cc2)cc1. The molecular formula is C43H40N2O5. The predicted molar refractivity (Wildman–Crippen MR) is 204 cm³/mol. The molecule has 252 valence electrons. The monoisotopic (exact) mass is 664 g/mol. The van der Waals surface area contributed by atoms with Crippen LogP contribution >= 0.6 is 0 Å². The summed E-state index contributed by atoms with van der Waals surface area (Å²) in [6.45, 7) is 0. The van der Waals surface area contributed by atoms with Crippen LogP contribution in [0, 0.1) is 0 Å². The zero-order valence-corrected chi connectivity index (χ0v) is 28.9. The second kappa shape index (κ2) is 15.7. The number of ether oxygens (including phenoxy) is 5. The molecule has 0 aliphatic heterocycles. The van der Waals surface area contributed by atoms with Crippen molar-refractivity contribution in [2.24, 2.45) is 0 Å². The van der Waals surface area contributed by atoms with Crippen molar-refractivity contribution in [1.82, 2.24) is 0 Å². The molecule has 0 amide bonds. The van der Waals surface area contributed by atoms with Gasteiger partial charge >= 0.3 is 0 Å². The quantitative estimate of drug-likeness (QED) is 0.114. The van der Waals surface area contributed by atoms with Crippen LogP contribution in [-0.4, -0.2) is 35.5 Å². The first-order valence-corrected chi connectivity index (χ1v) is 16.2. The van der Waals surface area contributed by atoms with E-state index in [0.29, 0.717) is 0 Å². The van der Waals surface area contributed by atoms with Gasteiger partial charge in [0.25, 0.3) is 0 Å². The average Bonchev–Trinajstić information content (AvgIpc) is 3.19. The molecule has 0 radical (unpaired) electrons. The number of rotatable bonds is 13. The fourth-order valence-electron chi connectivity index (χ4n) is 5.73. The first-order valence-electron chi connectivity index (χ1n) is 16.2. The van der Waals surface area contributed by atoms with Gasteiger partial charge in [0.1, 0.15) is 28.7 Å². The summed E-state index contributed by atoms with van der Waals surface area (Å²) in [5.41, 5.74) is 8.00. The van der Waals surface area contributed by atoms with E-state index < -0.39 is 0 Å². The van der Waals surface area contributed by atoms with E-state index in [2.05, 4.69) is 82.6 Å². The molecule has 7 heteroatoms. The summed E-state index contributed by atoms with van der Waals surface area (Å²) in [7, 11) is 8.38. The summed E-state index contributed by atoms with van der Waals surface area (Å²) >= 11 is 0. The minimum Gasteiger partial charge on any atom is -0.497 e. The van der Waals surface area contributed by atoms with Gasteiger partial charge in [0.2, 0.25) is 0 Å². The molecule has 6 rings (SSSR count). The minimum atomic E-state index is 0.774. The Morgan fingerprint density at radius 1 is 0.340 bits per heavy atom. The van der Waals surface area contributed by atoms with Gasteiger partial charge in [-0.1, -0.05) is 24.3 Å². The lowest BCUT2D eigenvalue weighted by Crippen LogP contribution is -2.10. The topological polar surface area (TPSA) is 52.6 Å². The Morgan fingerprint density at radius 3 is 1.00 bits per heavy atom. The van der Waals surface area contributed by atoms with Crippen LogP contribution in [0.4, 0.5) is 34.1 Å². The van der Waals surface area contributed by atoms with E-state index in [1.54, 1.807) is 35.5 Å². The Labute approximate surface area is 294 Å². The Kier molecular flexibility index (Phi) is 10.5. The molecular weight excluding hydrogens is 624 g/mol. The maximum atomic E-state index is 5.79. The van der Waals surface area contributed by atoms with E-state index >= 15 is 0 Å². The minimum absolute atomic E-state index is 0.774. The molecule has 0 bridgehead atoms. The molecule has 7 nitrogen and oxygen atoms in total. The number of nitrogens with zero attached hydrogens (tertiary/aromatic N) is 2. The second-order valence-corrected chi connectivity index (χ2v) is 11.3. The van der Waals surface area contributed by atoms with E-state index in [9.17, 15) is 0 Å². The Balaban J connectivity index is 1.32.